The van der Waals surface area contributed by atoms with Gasteiger partial charge in [0.05, 0.1) is 11.2 Å². The molecule has 0 aliphatic heterocycles. The Morgan fingerprint density at radius 2 is 0.833 bits per heavy atom. The van der Waals surface area contributed by atoms with E-state index in [1.807, 2.05) is 18.2 Å². The van der Waals surface area contributed by atoms with E-state index in [1.165, 1.54) is 16.7 Å². The van der Waals surface area contributed by atoms with Crippen LogP contribution in [0.2, 0.25) is 0 Å². The Bertz CT molecular complexity index is 1860. The minimum Gasteiger partial charge on any atom is -0.369 e. The topological polar surface area (TPSA) is 55.9 Å². The van der Waals surface area contributed by atoms with Crippen LogP contribution in [-0.4, -0.2) is 16.1 Å². The van der Waals surface area contributed by atoms with Gasteiger partial charge in [0.2, 0.25) is 5.95 Å². The van der Waals surface area contributed by atoms with E-state index in [0.29, 0.717) is 12.5 Å². The fourth-order valence-corrected chi connectivity index (χ4v) is 6.98. The largest absolute Gasteiger partial charge is 0.369 e. The van der Waals surface area contributed by atoms with Crippen LogP contribution >= 0.6 is 0 Å². The maximum absolute atomic E-state index is 6.84. The maximum Gasteiger partial charge on any atom is 0.202 e. The van der Waals surface area contributed by atoms with E-state index in [0.717, 1.165) is 22.4 Å². The van der Waals surface area contributed by atoms with Gasteiger partial charge in [-0.2, -0.15) is 0 Å². The molecule has 0 amide bonds. The van der Waals surface area contributed by atoms with Crippen molar-refractivity contribution in [2.24, 2.45) is 0 Å². The smallest absolute Gasteiger partial charge is 0.202 e. The fourth-order valence-electron chi connectivity index (χ4n) is 6.98. The Morgan fingerprint density at radius 3 is 1.19 bits per heavy atom. The van der Waals surface area contributed by atoms with Crippen LogP contribution in [0.4, 0.5) is 5.95 Å². The fraction of sp³-hybridized carbons (Fsp3) is 0.0682. The van der Waals surface area contributed by atoms with E-state index >= 15 is 0 Å². The lowest BCUT2D eigenvalue weighted by molar-refractivity contribution is 0.501. The normalized spacial score (nSPS) is 11.9. The first-order chi connectivity index (χ1) is 23.7. The number of nitrogen functional groups attached to an aromatic ring is 1. The van der Waals surface area contributed by atoms with E-state index in [9.17, 15) is 0 Å². The standard InChI is InChI=1S/C44H38N4/c45-42-47-41(34-48(42)44(38-26-13-4-14-27-38,39-28-15-5-16-29-39)40-30-17-6-18-31-40)32-19-33-46-43(35-20-7-1-8-21-35,36-22-9-2-10-23-36)37-24-11-3-12-25-37/h1-32,34,46H,33H2,(H2,45,47)/b32-19+. The molecule has 0 atom stereocenters. The molecule has 0 aliphatic carbocycles. The number of nitrogens with one attached hydrogen (secondary N) is 1. The van der Waals surface area contributed by atoms with E-state index in [2.05, 4.69) is 192 Å². The summed E-state index contributed by atoms with van der Waals surface area (Å²) in [7, 11) is 0. The third kappa shape index (κ3) is 5.63. The zero-order valence-electron chi connectivity index (χ0n) is 26.7. The second kappa shape index (κ2) is 13.8. The van der Waals surface area contributed by atoms with Crippen LogP contribution in [0.5, 0.6) is 0 Å². The number of hydrogen-bond donors (Lipinski definition) is 2. The second-order valence-electron chi connectivity index (χ2n) is 11.8. The SMILES string of the molecule is Nc1nc(/C=C/CNC(c2ccccc2)(c2ccccc2)c2ccccc2)cn1C(c1ccccc1)(c1ccccc1)c1ccccc1. The van der Waals surface area contributed by atoms with Gasteiger partial charge in [0, 0.05) is 12.7 Å². The van der Waals surface area contributed by atoms with Gasteiger partial charge < -0.3 is 5.73 Å². The van der Waals surface area contributed by atoms with E-state index in [4.69, 9.17) is 10.7 Å². The molecule has 0 saturated heterocycles. The highest BCUT2D eigenvalue weighted by Crippen LogP contribution is 2.42. The zero-order valence-corrected chi connectivity index (χ0v) is 26.7. The monoisotopic (exact) mass is 622 g/mol. The first-order valence-electron chi connectivity index (χ1n) is 16.3. The number of aromatic nitrogens is 2. The molecule has 4 nitrogen and oxygen atoms in total. The van der Waals surface area contributed by atoms with Gasteiger partial charge >= 0.3 is 0 Å². The molecule has 6 aromatic carbocycles. The lowest BCUT2D eigenvalue weighted by Gasteiger charge is -2.37. The van der Waals surface area contributed by atoms with Gasteiger partial charge in [-0.15, -0.1) is 0 Å². The molecule has 0 radical (unpaired) electrons. The molecular formula is C44H38N4. The highest BCUT2D eigenvalue weighted by molar-refractivity contribution is 5.56. The molecule has 0 spiro atoms. The van der Waals surface area contributed by atoms with Gasteiger partial charge in [0.15, 0.2) is 0 Å². The highest BCUT2D eigenvalue weighted by Gasteiger charge is 2.40. The van der Waals surface area contributed by atoms with E-state index in [-0.39, 0.29) is 0 Å². The van der Waals surface area contributed by atoms with Crippen molar-refractivity contribution >= 4 is 12.0 Å². The maximum atomic E-state index is 6.84. The van der Waals surface area contributed by atoms with Crippen molar-refractivity contribution in [2.75, 3.05) is 12.3 Å². The van der Waals surface area contributed by atoms with Gasteiger partial charge in [-0.1, -0.05) is 188 Å². The molecular weight excluding hydrogens is 585 g/mol. The molecule has 0 saturated carbocycles. The quantitative estimate of drug-likeness (QED) is 0.142. The minimum atomic E-state index is -0.728. The number of nitrogens with zero attached hydrogens (tertiary/aromatic N) is 2. The number of hydrogen-bond acceptors (Lipinski definition) is 3. The first-order valence-corrected chi connectivity index (χ1v) is 16.3. The highest BCUT2D eigenvalue weighted by atomic mass is 15.2. The number of imidazole rings is 1. The average Bonchev–Trinajstić information content (AvgIpc) is 3.54. The molecule has 7 aromatic rings. The Morgan fingerprint density at radius 1 is 0.500 bits per heavy atom. The summed E-state index contributed by atoms with van der Waals surface area (Å²) in [5, 5.41) is 3.93. The minimum absolute atomic E-state index is 0.436. The molecule has 234 valence electrons. The van der Waals surface area contributed by atoms with E-state index in [1.54, 1.807) is 0 Å². The third-order valence-electron chi connectivity index (χ3n) is 9.08. The first kappa shape index (κ1) is 30.7. The van der Waals surface area contributed by atoms with Crippen molar-refractivity contribution in [3.05, 3.63) is 233 Å². The van der Waals surface area contributed by atoms with Crippen LogP contribution < -0.4 is 11.1 Å². The predicted octanol–water partition coefficient (Wildman–Crippen LogP) is 8.90. The number of anilines is 1. The van der Waals surface area contributed by atoms with Crippen LogP contribution in [-0.2, 0) is 11.1 Å². The van der Waals surface area contributed by atoms with Crippen LogP contribution in [0.15, 0.2) is 194 Å². The van der Waals surface area contributed by atoms with Gasteiger partial charge in [0.25, 0.3) is 0 Å². The zero-order chi connectivity index (χ0) is 32.7. The van der Waals surface area contributed by atoms with Crippen LogP contribution in [0.3, 0.4) is 0 Å². The lowest BCUT2D eigenvalue weighted by atomic mass is 9.76. The Kier molecular flexibility index (Phi) is 8.82. The Labute approximate surface area is 282 Å². The summed E-state index contributed by atoms with van der Waals surface area (Å²) in [4.78, 5) is 4.89. The average molecular weight is 623 g/mol. The summed E-state index contributed by atoms with van der Waals surface area (Å²) in [5.41, 5.74) is 13.1. The Hall–Kier alpha value is -5.97. The number of rotatable bonds is 11. The van der Waals surface area contributed by atoms with Crippen molar-refractivity contribution in [3.8, 4) is 0 Å². The summed E-state index contributed by atoms with van der Waals surface area (Å²) in [6, 6.07) is 63.5. The molecule has 1 heterocycles. The van der Waals surface area contributed by atoms with Gasteiger partial charge in [0.1, 0.15) is 5.54 Å². The molecule has 0 unspecified atom stereocenters. The third-order valence-corrected chi connectivity index (χ3v) is 9.08. The summed E-state index contributed by atoms with van der Waals surface area (Å²) in [5.74, 6) is 0.436. The number of benzene rings is 6. The molecule has 1 aromatic heterocycles. The second-order valence-corrected chi connectivity index (χ2v) is 11.8. The molecule has 0 aliphatic rings. The van der Waals surface area contributed by atoms with Crippen molar-refractivity contribution in [3.63, 3.8) is 0 Å². The molecule has 3 N–H and O–H groups in total. The molecule has 48 heavy (non-hydrogen) atoms. The van der Waals surface area contributed by atoms with Crippen LogP contribution in [0.1, 0.15) is 39.1 Å². The molecule has 0 fully saturated rings. The lowest BCUT2D eigenvalue weighted by Crippen LogP contribution is -2.44. The molecule has 4 heteroatoms. The van der Waals surface area contributed by atoms with Crippen LogP contribution in [0.25, 0.3) is 6.08 Å². The van der Waals surface area contributed by atoms with Gasteiger partial charge in [-0.05, 0) is 39.5 Å². The van der Waals surface area contributed by atoms with Gasteiger partial charge in [-0.3, -0.25) is 9.88 Å². The predicted molar refractivity (Wildman–Crippen MR) is 197 cm³/mol. The molecule has 0 bridgehead atoms. The van der Waals surface area contributed by atoms with Crippen molar-refractivity contribution < 1.29 is 0 Å². The van der Waals surface area contributed by atoms with E-state index < -0.39 is 11.1 Å². The van der Waals surface area contributed by atoms with Crippen molar-refractivity contribution in [1.82, 2.24) is 14.9 Å². The van der Waals surface area contributed by atoms with Crippen LogP contribution in [0, 0.1) is 0 Å². The summed E-state index contributed by atoms with van der Waals surface area (Å²) >= 11 is 0. The summed E-state index contributed by atoms with van der Waals surface area (Å²) in [6.07, 6.45) is 6.25. The number of nitrogens with two attached hydrogens (primary N) is 1. The van der Waals surface area contributed by atoms with Crippen molar-refractivity contribution in [2.45, 2.75) is 11.1 Å². The van der Waals surface area contributed by atoms with Crippen molar-refractivity contribution in [1.29, 1.82) is 0 Å². The van der Waals surface area contributed by atoms with Gasteiger partial charge in [-0.25, -0.2) is 4.98 Å². The summed E-state index contributed by atoms with van der Waals surface area (Å²) < 4.78 is 2.11. The Balaban J connectivity index is 1.29. The summed E-state index contributed by atoms with van der Waals surface area (Å²) in [6.45, 7) is 0.590. The molecule has 7 rings (SSSR count).